The van der Waals surface area contributed by atoms with Gasteiger partial charge in [-0.05, 0) is 29.2 Å². The van der Waals surface area contributed by atoms with Crippen molar-refractivity contribution in [3.05, 3.63) is 59.7 Å². The Morgan fingerprint density at radius 3 is 2.26 bits per heavy atom. The molecular weight excluding hydrogens is 400 g/mol. The quantitative estimate of drug-likeness (QED) is 0.676. The molecule has 0 saturated carbocycles. The molecule has 3 atom stereocenters. The van der Waals surface area contributed by atoms with Crippen LogP contribution in [0.2, 0.25) is 0 Å². The third-order valence-corrected chi connectivity index (χ3v) is 5.90. The monoisotopic (exact) mass is 424 g/mol. The first-order valence-corrected chi connectivity index (χ1v) is 10.2. The van der Waals surface area contributed by atoms with E-state index in [1.807, 2.05) is 48.5 Å². The van der Waals surface area contributed by atoms with Crippen molar-refractivity contribution in [2.75, 3.05) is 13.2 Å². The maximum absolute atomic E-state index is 12.6. The Morgan fingerprint density at radius 1 is 1.10 bits per heavy atom. The van der Waals surface area contributed by atoms with Gasteiger partial charge in [0.25, 0.3) is 0 Å². The molecule has 31 heavy (non-hydrogen) atoms. The third-order valence-electron chi connectivity index (χ3n) is 5.90. The Balaban J connectivity index is 1.39. The zero-order chi connectivity index (χ0) is 22.1. The summed E-state index contributed by atoms with van der Waals surface area (Å²) >= 11 is 0. The lowest BCUT2D eigenvalue weighted by Crippen LogP contribution is -2.50. The van der Waals surface area contributed by atoms with Crippen LogP contribution in [0.4, 0.5) is 4.79 Å². The second-order valence-electron chi connectivity index (χ2n) is 7.93. The second-order valence-corrected chi connectivity index (χ2v) is 7.93. The Kier molecular flexibility index (Phi) is 5.65. The summed E-state index contributed by atoms with van der Waals surface area (Å²) in [5.41, 5.74) is 4.39. The predicted molar refractivity (Wildman–Crippen MR) is 111 cm³/mol. The first-order valence-electron chi connectivity index (χ1n) is 10.2. The molecule has 0 spiro atoms. The minimum Gasteiger partial charge on any atom is -0.480 e. The highest BCUT2D eigenvalue weighted by atomic mass is 16.5. The summed E-state index contributed by atoms with van der Waals surface area (Å²) in [5, 5.41) is 21.5. The van der Waals surface area contributed by atoms with Gasteiger partial charge < -0.3 is 25.2 Å². The van der Waals surface area contributed by atoms with Crippen molar-refractivity contribution in [3.63, 3.8) is 0 Å². The third kappa shape index (κ3) is 3.98. The van der Waals surface area contributed by atoms with E-state index in [9.17, 15) is 24.6 Å². The van der Waals surface area contributed by atoms with E-state index in [0.29, 0.717) is 0 Å². The number of carboxylic acids is 1. The molecule has 0 bridgehead atoms. The first-order chi connectivity index (χ1) is 14.9. The van der Waals surface area contributed by atoms with E-state index in [-0.39, 0.29) is 25.5 Å². The number of hydrogen-bond acceptors (Lipinski definition) is 5. The van der Waals surface area contributed by atoms with Crippen molar-refractivity contribution < 1.29 is 29.3 Å². The molecule has 1 fully saturated rings. The number of fused-ring (bicyclic) bond motifs is 3. The van der Waals surface area contributed by atoms with Crippen LogP contribution in [-0.2, 0) is 14.3 Å². The SMILES string of the molecule is C[C@@H](NC(=O)OCC1c2ccccc2-c2ccccc21)C(=O)N1C[C@H](O)C[C@H]1C(=O)O. The van der Waals surface area contributed by atoms with E-state index in [1.165, 1.54) is 6.92 Å². The van der Waals surface area contributed by atoms with Gasteiger partial charge in [0.1, 0.15) is 18.7 Å². The standard InChI is InChI=1S/C23H24N2O6/c1-13(21(27)25-11-14(26)10-20(25)22(28)29)24-23(30)31-12-19-17-8-4-2-6-15(17)16-7-3-5-9-18(16)19/h2-9,13-14,19-20,26H,10-12H2,1H3,(H,24,30)(H,28,29)/t13-,14-,20+/m1/s1. The number of aliphatic carboxylic acids is 1. The zero-order valence-corrected chi connectivity index (χ0v) is 17.0. The maximum Gasteiger partial charge on any atom is 0.407 e. The van der Waals surface area contributed by atoms with Crippen molar-refractivity contribution >= 4 is 18.0 Å². The van der Waals surface area contributed by atoms with Gasteiger partial charge in [-0.2, -0.15) is 0 Å². The van der Waals surface area contributed by atoms with Gasteiger partial charge in [0.15, 0.2) is 0 Å². The van der Waals surface area contributed by atoms with Crippen LogP contribution in [0.3, 0.4) is 0 Å². The molecule has 8 heteroatoms. The molecule has 162 valence electrons. The Labute approximate surface area is 179 Å². The Morgan fingerprint density at radius 2 is 1.68 bits per heavy atom. The number of rotatable bonds is 5. The normalized spacial score (nSPS) is 20.6. The van der Waals surface area contributed by atoms with E-state index in [2.05, 4.69) is 5.32 Å². The lowest BCUT2D eigenvalue weighted by atomic mass is 9.98. The number of amides is 2. The number of nitrogens with one attached hydrogen (secondary N) is 1. The molecule has 1 aliphatic carbocycles. The molecule has 0 aromatic heterocycles. The van der Waals surface area contributed by atoms with Crippen LogP contribution in [0.1, 0.15) is 30.4 Å². The van der Waals surface area contributed by atoms with E-state index in [1.54, 1.807) is 0 Å². The van der Waals surface area contributed by atoms with Crippen LogP contribution in [0, 0.1) is 0 Å². The van der Waals surface area contributed by atoms with Crippen LogP contribution in [0.5, 0.6) is 0 Å². The summed E-state index contributed by atoms with van der Waals surface area (Å²) in [6.07, 6.45) is -1.68. The van der Waals surface area contributed by atoms with Crippen LogP contribution >= 0.6 is 0 Å². The van der Waals surface area contributed by atoms with Crippen LogP contribution in [-0.4, -0.2) is 64.4 Å². The van der Waals surface area contributed by atoms with E-state index in [0.717, 1.165) is 27.2 Å². The number of aliphatic hydroxyl groups is 1. The summed E-state index contributed by atoms with van der Waals surface area (Å²) in [6, 6.07) is 13.9. The first kappa shape index (κ1) is 20.9. The van der Waals surface area contributed by atoms with E-state index >= 15 is 0 Å². The van der Waals surface area contributed by atoms with Gasteiger partial charge in [0, 0.05) is 18.9 Å². The molecule has 0 unspecified atom stereocenters. The number of alkyl carbamates (subject to hydrolysis) is 1. The summed E-state index contributed by atoms with van der Waals surface area (Å²) in [6.45, 7) is 1.50. The van der Waals surface area contributed by atoms with Crippen LogP contribution in [0.25, 0.3) is 11.1 Å². The predicted octanol–water partition coefficient (Wildman–Crippen LogP) is 1.96. The molecule has 4 rings (SSSR count). The molecular formula is C23H24N2O6. The molecule has 1 aliphatic heterocycles. The minimum atomic E-state index is -1.18. The van der Waals surface area contributed by atoms with Gasteiger partial charge >= 0.3 is 12.1 Å². The minimum absolute atomic E-state index is 0.0290. The number of aliphatic hydroxyl groups excluding tert-OH is 1. The van der Waals surface area contributed by atoms with E-state index in [4.69, 9.17) is 4.74 Å². The summed E-state index contributed by atoms with van der Waals surface area (Å²) in [7, 11) is 0. The van der Waals surface area contributed by atoms with Gasteiger partial charge in [0.05, 0.1) is 6.10 Å². The fraction of sp³-hybridized carbons (Fsp3) is 0.348. The van der Waals surface area contributed by atoms with Gasteiger partial charge in [0.2, 0.25) is 5.91 Å². The highest BCUT2D eigenvalue weighted by Crippen LogP contribution is 2.44. The lowest BCUT2D eigenvalue weighted by molar-refractivity contribution is -0.148. The lowest BCUT2D eigenvalue weighted by Gasteiger charge is -2.25. The number of likely N-dealkylation sites (tertiary alicyclic amines) is 1. The number of carboxylic acid groups (broad SMARTS) is 1. The second kappa shape index (κ2) is 8.39. The van der Waals surface area contributed by atoms with Crippen molar-refractivity contribution in [1.29, 1.82) is 0 Å². The van der Waals surface area contributed by atoms with Crippen molar-refractivity contribution in [2.24, 2.45) is 0 Å². The van der Waals surface area contributed by atoms with Gasteiger partial charge in [-0.1, -0.05) is 48.5 Å². The smallest absolute Gasteiger partial charge is 0.407 e. The summed E-state index contributed by atoms with van der Waals surface area (Å²) in [5.74, 6) is -1.86. The zero-order valence-electron chi connectivity index (χ0n) is 17.0. The highest BCUT2D eigenvalue weighted by Gasteiger charge is 2.40. The summed E-state index contributed by atoms with van der Waals surface area (Å²) < 4.78 is 5.43. The number of β-amino-alcohol motifs (C(OH)–C–C–N with tert-alkyl or cyclic N) is 1. The van der Waals surface area contributed by atoms with Crippen molar-refractivity contribution in [2.45, 2.75) is 37.5 Å². The van der Waals surface area contributed by atoms with Gasteiger partial charge in [-0.25, -0.2) is 9.59 Å². The Hall–Kier alpha value is -3.39. The number of carbonyl (C=O) groups excluding carboxylic acids is 2. The van der Waals surface area contributed by atoms with E-state index < -0.39 is 36.2 Å². The van der Waals surface area contributed by atoms with Crippen LogP contribution < -0.4 is 5.32 Å². The number of hydrogen-bond donors (Lipinski definition) is 3. The topological polar surface area (TPSA) is 116 Å². The fourth-order valence-corrected chi connectivity index (χ4v) is 4.42. The average Bonchev–Trinajstić information content (AvgIpc) is 3.30. The molecule has 8 nitrogen and oxygen atoms in total. The molecule has 1 saturated heterocycles. The maximum atomic E-state index is 12.6. The number of carbonyl (C=O) groups is 3. The molecule has 0 radical (unpaired) electrons. The Bertz CT molecular complexity index is 977. The number of ether oxygens (including phenoxy) is 1. The molecule has 1 heterocycles. The summed E-state index contributed by atoms with van der Waals surface area (Å²) in [4.78, 5) is 37.4. The van der Waals surface area contributed by atoms with Crippen molar-refractivity contribution in [3.8, 4) is 11.1 Å². The van der Waals surface area contributed by atoms with Crippen LogP contribution in [0.15, 0.2) is 48.5 Å². The number of nitrogens with zero attached hydrogens (tertiary/aromatic N) is 1. The largest absolute Gasteiger partial charge is 0.480 e. The molecule has 2 aromatic carbocycles. The van der Waals surface area contributed by atoms with Gasteiger partial charge in [-0.3, -0.25) is 4.79 Å². The fourth-order valence-electron chi connectivity index (χ4n) is 4.42. The molecule has 2 aliphatic rings. The molecule has 2 amide bonds. The molecule has 2 aromatic rings. The molecule has 3 N–H and O–H groups in total. The highest BCUT2D eigenvalue weighted by molar-refractivity contribution is 5.89. The average molecular weight is 424 g/mol. The number of benzene rings is 2. The van der Waals surface area contributed by atoms with Crippen molar-refractivity contribution in [1.82, 2.24) is 10.2 Å². The van der Waals surface area contributed by atoms with Gasteiger partial charge in [-0.15, -0.1) is 0 Å².